The first-order valence-corrected chi connectivity index (χ1v) is 7.80. The van der Waals surface area contributed by atoms with Gasteiger partial charge in [0.1, 0.15) is 5.76 Å². The summed E-state index contributed by atoms with van der Waals surface area (Å²) in [5.41, 5.74) is 2.53. The third kappa shape index (κ3) is 3.59. The van der Waals surface area contributed by atoms with Gasteiger partial charge in [-0.1, -0.05) is 17.6 Å². The predicted molar refractivity (Wildman–Crippen MR) is 86.5 cm³/mol. The summed E-state index contributed by atoms with van der Waals surface area (Å²) in [5, 5.41) is 9.45. The Hall–Kier alpha value is -2.63. The highest BCUT2D eigenvalue weighted by atomic mass is 16.5. The maximum absolute atomic E-state index is 12.5. The number of carbonyl (C=O) groups is 2. The van der Waals surface area contributed by atoms with Gasteiger partial charge in [-0.25, -0.2) is 0 Å². The smallest absolute Gasteiger partial charge is 0.278 e. The second-order valence-electron chi connectivity index (χ2n) is 5.71. The average molecular weight is 313 g/mol. The standard InChI is InChI=1S/C17H19N3O3/c1-11(21)18-12-6-5-7-13(10-12)19-17(22)16-14-8-3-2-4-9-15(14)23-20-16/h5-7,10H,2-4,8-9H2,1H3,(H,18,21)(H,19,22). The van der Waals surface area contributed by atoms with E-state index in [-0.39, 0.29) is 11.8 Å². The minimum absolute atomic E-state index is 0.157. The van der Waals surface area contributed by atoms with Gasteiger partial charge in [0.05, 0.1) is 0 Å². The number of hydrogen-bond donors (Lipinski definition) is 2. The number of nitrogens with one attached hydrogen (secondary N) is 2. The molecule has 0 saturated carbocycles. The van der Waals surface area contributed by atoms with Crippen LogP contribution in [0.3, 0.4) is 0 Å². The summed E-state index contributed by atoms with van der Waals surface area (Å²) in [7, 11) is 0. The molecule has 3 rings (SSSR count). The summed E-state index contributed by atoms with van der Waals surface area (Å²) in [5.74, 6) is 0.395. The van der Waals surface area contributed by atoms with Crippen molar-refractivity contribution in [2.45, 2.75) is 39.0 Å². The second kappa shape index (κ2) is 6.64. The molecular weight excluding hydrogens is 294 g/mol. The molecular formula is C17H19N3O3. The van der Waals surface area contributed by atoms with Crippen LogP contribution in [0.4, 0.5) is 11.4 Å². The van der Waals surface area contributed by atoms with Gasteiger partial charge >= 0.3 is 0 Å². The van der Waals surface area contributed by atoms with Crippen LogP contribution in [0.25, 0.3) is 0 Å². The molecule has 2 amide bonds. The lowest BCUT2D eigenvalue weighted by molar-refractivity contribution is -0.114. The molecule has 6 nitrogen and oxygen atoms in total. The van der Waals surface area contributed by atoms with Gasteiger partial charge in [-0.05, 0) is 37.5 Å². The Bertz CT molecular complexity index is 736. The zero-order valence-electron chi connectivity index (χ0n) is 13.0. The predicted octanol–water partition coefficient (Wildman–Crippen LogP) is 3.15. The normalized spacial score (nSPS) is 13.8. The molecule has 0 saturated heterocycles. The van der Waals surface area contributed by atoms with Crippen LogP contribution in [0, 0.1) is 0 Å². The summed E-state index contributed by atoms with van der Waals surface area (Å²) in [6.45, 7) is 1.44. The first kappa shape index (κ1) is 15.3. The molecule has 0 unspecified atom stereocenters. The molecule has 0 fully saturated rings. The zero-order chi connectivity index (χ0) is 16.2. The molecule has 1 aromatic carbocycles. The first-order valence-electron chi connectivity index (χ1n) is 7.80. The van der Waals surface area contributed by atoms with Crippen LogP contribution >= 0.6 is 0 Å². The summed E-state index contributed by atoms with van der Waals surface area (Å²) in [4.78, 5) is 23.6. The van der Waals surface area contributed by atoms with E-state index >= 15 is 0 Å². The molecule has 0 bridgehead atoms. The molecule has 2 N–H and O–H groups in total. The van der Waals surface area contributed by atoms with Gasteiger partial charge in [-0.3, -0.25) is 9.59 Å². The fraction of sp³-hybridized carbons (Fsp3) is 0.353. The molecule has 1 aromatic heterocycles. The number of nitrogens with zero attached hydrogens (tertiary/aromatic N) is 1. The molecule has 1 heterocycles. The zero-order valence-corrected chi connectivity index (χ0v) is 13.0. The number of anilines is 2. The Morgan fingerprint density at radius 3 is 2.61 bits per heavy atom. The summed E-state index contributed by atoms with van der Waals surface area (Å²) in [6, 6.07) is 7.00. The van der Waals surface area contributed by atoms with Crippen LogP contribution in [-0.4, -0.2) is 17.0 Å². The molecule has 0 aliphatic heterocycles. The van der Waals surface area contributed by atoms with Crippen LogP contribution in [-0.2, 0) is 17.6 Å². The van der Waals surface area contributed by atoms with Crippen molar-refractivity contribution < 1.29 is 14.1 Å². The highest BCUT2D eigenvalue weighted by Crippen LogP contribution is 2.24. The molecule has 0 radical (unpaired) electrons. The molecule has 1 aliphatic rings. The molecule has 2 aromatic rings. The van der Waals surface area contributed by atoms with E-state index in [2.05, 4.69) is 15.8 Å². The number of aryl methyl sites for hydroxylation is 1. The van der Waals surface area contributed by atoms with Crippen molar-refractivity contribution in [3.63, 3.8) is 0 Å². The Labute approximate surface area is 134 Å². The molecule has 6 heteroatoms. The minimum atomic E-state index is -0.281. The lowest BCUT2D eigenvalue weighted by atomic mass is 10.1. The molecule has 0 atom stereocenters. The Kier molecular flexibility index (Phi) is 4.41. The molecule has 0 spiro atoms. The SMILES string of the molecule is CC(=O)Nc1cccc(NC(=O)c2noc3c2CCCCC3)c1. The Morgan fingerprint density at radius 2 is 1.83 bits per heavy atom. The number of benzene rings is 1. The fourth-order valence-electron chi connectivity index (χ4n) is 2.81. The van der Waals surface area contributed by atoms with Crippen molar-refractivity contribution >= 4 is 23.2 Å². The van der Waals surface area contributed by atoms with Crippen LogP contribution in [0.5, 0.6) is 0 Å². The van der Waals surface area contributed by atoms with Gasteiger partial charge in [-0.2, -0.15) is 0 Å². The maximum Gasteiger partial charge on any atom is 0.278 e. The molecule has 120 valence electrons. The van der Waals surface area contributed by atoms with E-state index in [0.29, 0.717) is 17.1 Å². The summed E-state index contributed by atoms with van der Waals surface area (Å²) < 4.78 is 5.33. The molecule has 1 aliphatic carbocycles. The van der Waals surface area contributed by atoms with E-state index in [1.165, 1.54) is 6.92 Å². The van der Waals surface area contributed by atoms with Crippen molar-refractivity contribution in [1.82, 2.24) is 5.16 Å². The van der Waals surface area contributed by atoms with E-state index in [1.54, 1.807) is 24.3 Å². The van der Waals surface area contributed by atoms with Crippen LogP contribution in [0.15, 0.2) is 28.8 Å². The number of carbonyl (C=O) groups excluding carboxylic acids is 2. The van der Waals surface area contributed by atoms with Gasteiger partial charge < -0.3 is 15.2 Å². The summed E-state index contributed by atoms with van der Waals surface area (Å²) >= 11 is 0. The average Bonchev–Trinajstić information content (AvgIpc) is 2.76. The van der Waals surface area contributed by atoms with Gasteiger partial charge in [-0.15, -0.1) is 0 Å². The number of rotatable bonds is 3. The monoisotopic (exact) mass is 313 g/mol. The largest absolute Gasteiger partial charge is 0.360 e. The van der Waals surface area contributed by atoms with Gasteiger partial charge in [0.15, 0.2) is 5.69 Å². The van der Waals surface area contributed by atoms with Crippen LogP contribution < -0.4 is 10.6 Å². The quantitative estimate of drug-likeness (QED) is 0.853. The lowest BCUT2D eigenvalue weighted by Crippen LogP contribution is -2.15. The maximum atomic E-state index is 12.5. The minimum Gasteiger partial charge on any atom is -0.360 e. The van der Waals surface area contributed by atoms with E-state index in [9.17, 15) is 9.59 Å². The van der Waals surface area contributed by atoms with Gasteiger partial charge in [0, 0.05) is 30.3 Å². The van der Waals surface area contributed by atoms with Crippen molar-refractivity contribution in [3.8, 4) is 0 Å². The first-order chi connectivity index (χ1) is 11.1. The van der Waals surface area contributed by atoms with E-state index < -0.39 is 0 Å². The third-order valence-electron chi connectivity index (χ3n) is 3.86. The second-order valence-corrected chi connectivity index (χ2v) is 5.71. The van der Waals surface area contributed by atoms with E-state index in [1.807, 2.05) is 0 Å². The van der Waals surface area contributed by atoms with Crippen molar-refractivity contribution in [3.05, 3.63) is 41.3 Å². The fourth-order valence-corrected chi connectivity index (χ4v) is 2.81. The van der Waals surface area contributed by atoms with Crippen LogP contribution in [0.1, 0.15) is 48.0 Å². The van der Waals surface area contributed by atoms with Gasteiger partial charge in [0.2, 0.25) is 5.91 Å². The highest BCUT2D eigenvalue weighted by molar-refractivity contribution is 6.04. The molecule has 23 heavy (non-hydrogen) atoms. The number of hydrogen-bond acceptors (Lipinski definition) is 4. The Morgan fingerprint density at radius 1 is 1.09 bits per heavy atom. The van der Waals surface area contributed by atoms with E-state index in [0.717, 1.165) is 43.4 Å². The van der Waals surface area contributed by atoms with Crippen LogP contribution in [0.2, 0.25) is 0 Å². The summed E-state index contributed by atoms with van der Waals surface area (Å²) in [6.07, 6.45) is 4.93. The number of fused-ring (bicyclic) bond motifs is 1. The lowest BCUT2D eigenvalue weighted by Gasteiger charge is -2.07. The highest BCUT2D eigenvalue weighted by Gasteiger charge is 2.23. The third-order valence-corrected chi connectivity index (χ3v) is 3.86. The number of aromatic nitrogens is 1. The van der Waals surface area contributed by atoms with E-state index in [4.69, 9.17) is 4.52 Å². The van der Waals surface area contributed by atoms with Crippen molar-refractivity contribution in [2.24, 2.45) is 0 Å². The van der Waals surface area contributed by atoms with Crippen molar-refractivity contribution in [2.75, 3.05) is 10.6 Å². The topological polar surface area (TPSA) is 84.2 Å². The number of amides is 2. The Balaban J connectivity index is 1.77. The van der Waals surface area contributed by atoms with Crippen molar-refractivity contribution in [1.29, 1.82) is 0 Å². The van der Waals surface area contributed by atoms with Gasteiger partial charge in [0.25, 0.3) is 5.91 Å².